The molecule has 0 radical (unpaired) electrons. The Bertz CT molecular complexity index is 2260. The first kappa shape index (κ1) is 32.5. The van der Waals surface area contributed by atoms with Crippen molar-refractivity contribution < 1.29 is 4.57 Å². The molecule has 0 amide bonds. The summed E-state index contributed by atoms with van der Waals surface area (Å²) in [7, 11) is 0. The highest BCUT2D eigenvalue weighted by molar-refractivity contribution is 6.09. The number of nitrogens with zero attached hydrogens (tertiary/aromatic N) is 3. The zero-order valence-electron chi connectivity index (χ0n) is 30.3. The Balaban J connectivity index is 1.46. The van der Waals surface area contributed by atoms with Gasteiger partial charge in [-0.1, -0.05) is 97.9 Å². The molecule has 0 aliphatic carbocycles. The van der Waals surface area contributed by atoms with E-state index in [4.69, 9.17) is 0 Å². The maximum Gasteiger partial charge on any atom is 0.218 e. The summed E-state index contributed by atoms with van der Waals surface area (Å²) in [5, 5.41) is 2.52. The maximum atomic E-state index is 4.26. The van der Waals surface area contributed by atoms with Crippen LogP contribution in [-0.4, -0.2) is 9.55 Å². The van der Waals surface area contributed by atoms with Crippen molar-refractivity contribution >= 4 is 21.8 Å². The standard InChI is InChI=1S/C46H48N3/c1-44(2,3)34-15-18-37(19-16-34)49-42-28-32(30-46(7,8)35-24-26-47-27-25-35)14-21-39(42)40-22-20-38(29-43(40)49)48-31-36(45(4,5)6)17-23-41(48)33-12-10-9-11-13-33/h9-29,31H,30H2,1-8H3/q+1. The van der Waals surface area contributed by atoms with Crippen LogP contribution in [0.3, 0.4) is 0 Å². The molecular weight excluding hydrogens is 595 g/mol. The smallest absolute Gasteiger partial charge is 0.218 e. The van der Waals surface area contributed by atoms with Crippen molar-refractivity contribution in [3.8, 4) is 22.6 Å². The molecule has 246 valence electrons. The Labute approximate surface area is 291 Å². The molecule has 0 aliphatic heterocycles. The second-order valence-electron chi connectivity index (χ2n) is 16.3. The van der Waals surface area contributed by atoms with E-state index in [9.17, 15) is 0 Å². The van der Waals surface area contributed by atoms with Crippen LogP contribution in [0.1, 0.15) is 77.6 Å². The SMILES string of the molecule is CC(C)(C)c1ccc(-n2c3cc(CC(C)(C)c4ccncc4)ccc3c3ccc(-[n+]4cc(C(C)(C)C)ccc4-c4ccccc4)cc32)cc1. The lowest BCUT2D eigenvalue weighted by molar-refractivity contribution is -0.584. The monoisotopic (exact) mass is 642 g/mol. The lowest BCUT2D eigenvalue weighted by atomic mass is 9.79. The molecule has 0 atom stereocenters. The van der Waals surface area contributed by atoms with Gasteiger partial charge >= 0.3 is 0 Å². The van der Waals surface area contributed by atoms with Crippen molar-refractivity contribution in [1.29, 1.82) is 0 Å². The van der Waals surface area contributed by atoms with E-state index in [1.165, 1.54) is 61.0 Å². The van der Waals surface area contributed by atoms with Crippen LogP contribution in [0.2, 0.25) is 0 Å². The Hall–Kier alpha value is -5.02. The number of rotatable bonds is 6. The molecule has 7 aromatic rings. The van der Waals surface area contributed by atoms with Crippen LogP contribution in [0, 0.1) is 0 Å². The van der Waals surface area contributed by atoms with Crippen molar-refractivity contribution in [1.82, 2.24) is 9.55 Å². The summed E-state index contributed by atoms with van der Waals surface area (Å²) in [6, 6.07) is 42.8. The van der Waals surface area contributed by atoms with E-state index in [0.29, 0.717) is 0 Å². The first-order valence-corrected chi connectivity index (χ1v) is 17.5. The lowest BCUT2D eigenvalue weighted by Crippen LogP contribution is -2.35. The Morgan fingerprint density at radius 3 is 1.84 bits per heavy atom. The Morgan fingerprint density at radius 1 is 0.571 bits per heavy atom. The minimum Gasteiger partial charge on any atom is -0.309 e. The molecule has 0 spiro atoms. The second kappa shape index (κ2) is 12.1. The van der Waals surface area contributed by atoms with E-state index in [2.05, 4.69) is 191 Å². The molecule has 0 bridgehead atoms. The van der Waals surface area contributed by atoms with Crippen molar-refractivity contribution in [2.45, 2.75) is 78.1 Å². The number of aromatic nitrogens is 3. The van der Waals surface area contributed by atoms with Crippen LogP contribution in [0.15, 0.2) is 134 Å². The van der Waals surface area contributed by atoms with Gasteiger partial charge in [0.2, 0.25) is 11.4 Å². The molecular formula is C46H48N3+. The fourth-order valence-electron chi connectivity index (χ4n) is 7.12. The van der Waals surface area contributed by atoms with E-state index in [-0.39, 0.29) is 16.2 Å². The molecule has 0 fully saturated rings. The highest BCUT2D eigenvalue weighted by Gasteiger charge is 2.26. The highest BCUT2D eigenvalue weighted by Crippen LogP contribution is 2.36. The molecule has 3 heterocycles. The molecule has 0 saturated carbocycles. The number of benzene rings is 4. The van der Waals surface area contributed by atoms with Crippen LogP contribution in [0.5, 0.6) is 0 Å². The molecule has 0 aliphatic rings. The third-order valence-electron chi connectivity index (χ3n) is 10.1. The second-order valence-corrected chi connectivity index (χ2v) is 16.3. The third-order valence-corrected chi connectivity index (χ3v) is 10.1. The lowest BCUT2D eigenvalue weighted by Gasteiger charge is -2.25. The molecule has 0 unspecified atom stereocenters. The molecule has 0 N–H and O–H groups in total. The normalized spacial score (nSPS) is 12.6. The quantitative estimate of drug-likeness (QED) is 0.165. The van der Waals surface area contributed by atoms with E-state index in [1.807, 2.05) is 12.4 Å². The molecule has 0 saturated heterocycles. The zero-order valence-corrected chi connectivity index (χ0v) is 30.3. The van der Waals surface area contributed by atoms with Gasteiger partial charge in [0.15, 0.2) is 6.20 Å². The summed E-state index contributed by atoms with van der Waals surface area (Å²) >= 11 is 0. The molecule has 3 heteroatoms. The largest absolute Gasteiger partial charge is 0.309 e. The van der Waals surface area contributed by atoms with Crippen molar-refractivity contribution in [2.75, 3.05) is 0 Å². The Morgan fingerprint density at radius 2 is 1.18 bits per heavy atom. The van der Waals surface area contributed by atoms with Gasteiger partial charge in [-0.05, 0) is 94.0 Å². The van der Waals surface area contributed by atoms with Gasteiger partial charge < -0.3 is 4.57 Å². The topological polar surface area (TPSA) is 21.7 Å². The average Bonchev–Trinajstić information content (AvgIpc) is 3.40. The first-order valence-electron chi connectivity index (χ1n) is 17.5. The van der Waals surface area contributed by atoms with Gasteiger partial charge in [0.25, 0.3) is 0 Å². The van der Waals surface area contributed by atoms with Crippen LogP contribution in [0.25, 0.3) is 44.4 Å². The number of hydrogen-bond acceptors (Lipinski definition) is 1. The van der Waals surface area contributed by atoms with Gasteiger partial charge in [-0.15, -0.1) is 0 Å². The minimum atomic E-state index is -0.0302. The van der Waals surface area contributed by atoms with Gasteiger partial charge in [0.1, 0.15) is 0 Å². The van der Waals surface area contributed by atoms with E-state index in [0.717, 1.165) is 12.1 Å². The van der Waals surface area contributed by atoms with Gasteiger partial charge in [-0.25, -0.2) is 0 Å². The van der Waals surface area contributed by atoms with Crippen molar-refractivity contribution in [3.05, 3.63) is 156 Å². The molecule has 3 nitrogen and oxygen atoms in total. The zero-order chi connectivity index (χ0) is 34.6. The number of pyridine rings is 2. The van der Waals surface area contributed by atoms with Crippen LogP contribution >= 0.6 is 0 Å². The predicted octanol–water partition coefficient (Wildman–Crippen LogP) is 11.2. The maximum absolute atomic E-state index is 4.26. The third kappa shape index (κ3) is 6.31. The minimum absolute atomic E-state index is 0.0191. The van der Waals surface area contributed by atoms with Crippen molar-refractivity contribution in [2.24, 2.45) is 0 Å². The fraction of sp³-hybridized carbons (Fsp3) is 0.261. The van der Waals surface area contributed by atoms with E-state index < -0.39 is 0 Å². The predicted molar refractivity (Wildman–Crippen MR) is 206 cm³/mol. The highest BCUT2D eigenvalue weighted by atomic mass is 15.0. The van der Waals surface area contributed by atoms with Crippen molar-refractivity contribution in [3.63, 3.8) is 0 Å². The van der Waals surface area contributed by atoms with E-state index in [1.54, 1.807) is 0 Å². The van der Waals surface area contributed by atoms with Crippen LogP contribution < -0.4 is 4.57 Å². The summed E-state index contributed by atoms with van der Waals surface area (Å²) in [5.74, 6) is 0. The fourth-order valence-corrected chi connectivity index (χ4v) is 7.12. The average molecular weight is 643 g/mol. The summed E-state index contributed by atoms with van der Waals surface area (Å²) in [6.07, 6.45) is 7.05. The van der Waals surface area contributed by atoms with Crippen LogP contribution in [0.4, 0.5) is 0 Å². The van der Waals surface area contributed by atoms with Gasteiger partial charge in [-0.2, -0.15) is 4.57 Å². The summed E-state index contributed by atoms with van der Waals surface area (Å²) in [6.45, 7) is 18.3. The summed E-state index contributed by atoms with van der Waals surface area (Å²) in [4.78, 5) is 4.26. The van der Waals surface area contributed by atoms with Crippen LogP contribution in [-0.2, 0) is 22.7 Å². The first-order chi connectivity index (χ1) is 23.3. The van der Waals surface area contributed by atoms with E-state index >= 15 is 0 Å². The molecule has 49 heavy (non-hydrogen) atoms. The number of hydrogen-bond donors (Lipinski definition) is 0. The molecule has 3 aromatic heterocycles. The number of fused-ring (bicyclic) bond motifs is 3. The molecule has 7 rings (SSSR count). The van der Waals surface area contributed by atoms with Gasteiger partial charge in [0.05, 0.1) is 11.0 Å². The van der Waals surface area contributed by atoms with Gasteiger partial charge in [0, 0.05) is 58.2 Å². The summed E-state index contributed by atoms with van der Waals surface area (Å²) in [5.41, 5.74) is 12.4. The summed E-state index contributed by atoms with van der Waals surface area (Å²) < 4.78 is 4.85. The molecule has 4 aromatic carbocycles. The van der Waals surface area contributed by atoms with Gasteiger partial charge in [-0.3, -0.25) is 4.98 Å². The Kier molecular flexibility index (Phi) is 8.06.